The van der Waals surface area contributed by atoms with E-state index in [4.69, 9.17) is 17.3 Å². The van der Waals surface area contributed by atoms with Crippen molar-refractivity contribution in [3.05, 3.63) is 16.9 Å². The van der Waals surface area contributed by atoms with E-state index in [0.717, 1.165) is 12.0 Å². The molecule has 0 fully saturated rings. The smallest absolute Gasteiger partial charge is 0.127 e. The Morgan fingerprint density at radius 3 is 2.73 bits per heavy atom. The second-order valence-electron chi connectivity index (χ2n) is 3.37. The first-order valence-corrected chi connectivity index (χ1v) is 3.83. The van der Waals surface area contributed by atoms with E-state index in [1.54, 1.807) is 6.20 Å². The summed E-state index contributed by atoms with van der Waals surface area (Å²) in [6.07, 6.45) is 2.44. The molecule has 1 aromatic heterocycles. The fourth-order valence-electron chi connectivity index (χ4n) is 0.909. The zero-order valence-electron chi connectivity index (χ0n) is 6.69. The molecule has 1 heterocycles. The molecule has 0 amide bonds. The summed E-state index contributed by atoms with van der Waals surface area (Å²) in [5.41, 5.74) is 6.54. The molecule has 3 nitrogen and oxygen atoms in total. The first kappa shape index (κ1) is 8.56. The normalized spacial score (nSPS) is 12.0. The van der Waals surface area contributed by atoms with Gasteiger partial charge in [-0.05, 0) is 20.3 Å². The summed E-state index contributed by atoms with van der Waals surface area (Å²) in [5.74, 6) is 0. The number of rotatable bonds is 2. The van der Waals surface area contributed by atoms with Crippen molar-refractivity contribution in [2.45, 2.75) is 25.8 Å². The Morgan fingerprint density at radius 2 is 2.36 bits per heavy atom. The van der Waals surface area contributed by atoms with Crippen LogP contribution in [-0.2, 0) is 6.42 Å². The summed E-state index contributed by atoms with van der Waals surface area (Å²) in [6.45, 7) is 3.91. The van der Waals surface area contributed by atoms with Crippen LogP contribution < -0.4 is 5.73 Å². The van der Waals surface area contributed by atoms with Crippen LogP contribution in [0, 0.1) is 0 Å². The van der Waals surface area contributed by atoms with Gasteiger partial charge in [-0.25, -0.2) is 0 Å². The molecule has 0 bridgehead atoms. The summed E-state index contributed by atoms with van der Waals surface area (Å²) in [7, 11) is 0. The molecule has 0 spiro atoms. The maximum absolute atomic E-state index is 5.80. The van der Waals surface area contributed by atoms with Crippen molar-refractivity contribution >= 4 is 11.6 Å². The molecular formula is C7H12ClN3. The monoisotopic (exact) mass is 173 g/mol. The van der Waals surface area contributed by atoms with Crippen molar-refractivity contribution in [1.82, 2.24) is 10.2 Å². The molecule has 0 atom stereocenters. The van der Waals surface area contributed by atoms with Crippen LogP contribution in [0.1, 0.15) is 19.4 Å². The van der Waals surface area contributed by atoms with Crippen LogP contribution in [0.3, 0.4) is 0 Å². The van der Waals surface area contributed by atoms with Gasteiger partial charge in [-0.15, -0.1) is 0 Å². The molecule has 0 aromatic carbocycles. The van der Waals surface area contributed by atoms with Gasteiger partial charge >= 0.3 is 0 Å². The quantitative estimate of drug-likeness (QED) is 0.709. The molecule has 0 radical (unpaired) electrons. The van der Waals surface area contributed by atoms with Gasteiger partial charge in [-0.3, -0.25) is 5.10 Å². The number of aromatic nitrogens is 2. The number of hydrogen-bond acceptors (Lipinski definition) is 2. The number of aromatic amines is 1. The average molecular weight is 174 g/mol. The highest BCUT2D eigenvalue weighted by Crippen LogP contribution is 2.16. The van der Waals surface area contributed by atoms with Crippen LogP contribution in [-0.4, -0.2) is 15.7 Å². The standard InChI is InChI=1S/C7H12ClN3/c1-7(2,9)3-5-4-10-11-6(5)8/h4H,3,9H2,1-2H3,(H,10,11). The Bertz CT molecular complexity index is 236. The predicted octanol–water partition coefficient (Wildman–Crippen LogP) is 1.34. The van der Waals surface area contributed by atoms with Crippen molar-refractivity contribution in [1.29, 1.82) is 0 Å². The van der Waals surface area contributed by atoms with Gasteiger partial charge in [0.15, 0.2) is 0 Å². The minimum absolute atomic E-state index is 0.229. The van der Waals surface area contributed by atoms with Gasteiger partial charge < -0.3 is 5.73 Å². The van der Waals surface area contributed by atoms with E-state index in [1.807, 2.05) is 13.8 Å². The first-order chi connectivity index (χ1) is 4.99. The average Bonchev–Trinajstić information content (AvgIpc) is 2.12. The second kappa shape index (κ2) is 2.83. The Kier molecular flexibility index (Phi) is 2.20. The van der Waals surface area contributed by atoms with Crippen LogP contribution in [0.4, 0.5) is 0 Å². The summed E-state index contributed by atoms with van der Waals surface area (Å²) in [4.78, 5) is 0. The van der Waals surface area contributed by atoms with E-state index < -0.39 is 0 Å². The van der Waals surface area contributed by atoms with Gasteiger partial charge in [-0.1, -0.05) is 11.6 Å². The first-order valence-electron chi connectivity index (χ1n) is 3.46. The third-order valence-electron chi connectivity index (χ3n) is 1.31. The van der Waals surface area contributed by atoms with Crippen molar-refractivity contribution in [2.75, 3.05) is 0 Å². The zero-order valence-corrected chi connectivity index (χ0v) is 7.44. The lowest BCUT2D eigenvalue weighted by Gasteiger charge is -2.16. The molecule has 11 heavy (non-hydrogen) atoms. The summed E-state index contributed by atoms with van der Waals surface area (Å²) < 4.78 is 0. The topological polar surface area (TPSA) is 54.7 Å². The number of nitrogens with two attached hydrogens (primary N) is 1. The van der Waals surface area contributed by atoms with Crippen LogP contribution >= 0.6 is 11.6 Å². The summed E-state index contributed by atoms with van der Waals surface area (Å²) >= 11 is 5.77. The minimum atomic E-state index is -0.229. The number of nitrogens with zero attached hydrogens (tertiary/aromatic N) is 1. The lowest BCUT2D eigenvalue weighted by Crippen LogP contribution is -2.34. The van der Waals surface area contributed by atoms with E-state index in [-0.39, 0.29) is 5.54 Å². The Hall–Kier alpha value is -0.540. The highest BCUT2D eigenvalue weighted by Gasteiger charge is 2.14. The van der Waals surface area contributed by atoms with Crippen molar-refractivity contribution in [3.8, 4) is 0 Å². The molecule has 0 saturated heterocycles. The highest BCUT2D eigenvalue weighted by molar-refractivity contribution is 6.30. The molecule has 0 unspecified atom stereocenters. The molecule has 1 aromatic rings. The molecule has 4 heteroatoms. The molecule has 62 valence electrons. The zero-order chi connectivity index (χ0) is 8.48. The molecule has 0 aliphatic rings. The van der Waals surface area contributed by atoms with Crippen LogP contribution in [0.15, 0.2) is 6.20 Å². The Balaban J connectivity index is 2.72. The predicted molar refractivity (Wildman–Crippen MR) is 45.6 cm³/mol. The van der Waals surface area contributed by atoms with Gasteiger partial charge in [-0.2, -0.15) is 5.10 Å². The summed E-state index contributed by atoms with van der Waals surface area (Å²) in [6, 6.07) is 0. The van der Waals surface area contributed by atoms with Gasteiger partial charge in [0.25, 0.3) is 0 Å². The van der Waals surface area contributed by atoms with E-state index in [2.05, 4.69) is 10.2 Å². The molecular weight excluding hydrogens is 162 g/mol. The van der Waals surface area contributed by atoms with E-state index in [9.17, 15) is 0 Å². The van der Waals surface area contributed by atoms with Gasteiger partial charge in [0.2, 0.25) is 0 Å². The van der Waals surface area contributed by atoms with Crippen molar-refractivity contribution in [3.63, 3.8) is 0 Å². The van der Waals surface area contributed by atoms with Crippen LogP contribution in [0.5, 0.6) is 0 Å². The Labute approximate surface area is 70.9 Å². The van der Waals surface area contributed by atoms with Gasteiger partial charge in [0.05, 0.1) is 6.20 Å². The maximum Gasteiger partial charge on any atom is 0.127 e. The minimum Gasteiger partial charge on any atom is -0.325 e. The third kappa shape index (κ3) is 2.52. The number of halogens is 1. The highest BCUT2D eigenvalue weighted by atomic mass is 35.5. The van der Waals surface area contributed by atoms with E-state index in [0.29, 0.717) is 5.15 Å². The lowest BCUT2D eigenvalue weighted by molar-refractivity contribution is 0.517. The lowest BCUT2D eigenvalue weighted by atomic mass is 9.99. The van der Waals surface area contributed by atoms with Crippen molar-refractivity contribution in [2.24, 2.45) is 5.73 Å². The molecule has 0 saturated carbocycles. The van der Waals surface area contributed by atoms with Crippen LogP contribution in [0.25, 0.3) is 0 Å². The fraction of sp³-hybridized carbons (Fsp3) is 0.571. The molecule has 3 N–H and O–H groups in total. The SMILES string of the molecule is CC(C)(N)Cc1cn[nH]c1Cl. The van der Waals surface area contributed by atoms with Crippen molar-refractivity contribution < 1.29 is 0 Å². The third-order valence-corrected chi connectivity index (χ3v) is 1.64. The number of hydrogen-bond donors (Lipinski definition) is 2. The second-order valence-corrected chi connectivity index (χ2v) is 3.75. The van der Waals surface area contributed by atoms with E-state index >= 15 is 0 Å². The largest absolute Gasteiger partial charge is 0.325 e. The number of nitrogens with one attached hydrogen (secondary N) is 1. The molecule has 1 rings (SSSR count). The van der Waals surface area contributed by atoms with E-state index in [1.165, 1.54) is 0 Å². The maximum atomic E-state index is 5.80. The summed E-state index contributed by atoms with van der Waals surface area (Å²) in [5, 5.41) is 7.03. The molecule has 0 aliphatic carbocycles. The Morgan fingerprint density at radius 1 is 1.73 bits per heavy atom. The van der Waals surface area contributed by atoms with Gasteiger partial charge in [0.1, 0.15) is 5.15 Å². The molecule has 0 aliphatic heterocycles. The van der Waals surface area contributed by atoms with Crippen LogP contribution in [0.2, 0.25) is 5.15 Å². The van der Waals surface area contributed by atoms with Gasteiger partial charge in [0, 0.05) is 11.1 Å². The number of H-pyrrole nitrogens is 1. The fourth-order valence-corrected chi connectivity index (χ4v) is 1.07.